The largest absolute Gasteiger partial charge is 0.544 e. The predicted octanol–water partition coefficient (Wildman–Crippen LogP) is 1.13. The number of rotatable bonds is 4. The Bertz CT molecular complexity index is 726. The summed E-state index contributed by atoms with van der Waals surface area (Å²) in [6.07, 6.45) is 1.46. The van der Waals surface area contributed by atoms with Gasteiger partial charge in [-0.25, -0.2) is 9.97 Å². The maximum Gasteiger partial charge on any atom is 0.139 e. The number of carboxylic acid groups (broad SMARTS) is 1. The van der Waals surface area contributed by atoms with Gasteiger partial charge in [0, 0.05) is 11.1 Å². The fourth-order valence-corrected chi connectivity index (χ4v) is 3.22. The molecular weight excluding hydrogens is 312 g/mol. The van der Waals surface area contributed by atoms with Crippen LogP contribution in [0.2, 0.25) is 0 Å². The van der Waals surface area contributed by atoms with Gasteiger partial charge in [-0.15, -0.1) is 11.3 Å². The van der Waals surface area contributed by atoms with Crippen LogP contribution in [0.25, 0.3) is 10.2 Å². The summed E-state index contributed by atoms with van der Waals surface area (Å²) in [5.41, 5.74) is 0.535. The van der Waals surface area contributed by atoms with Crippen molar-refractivity contribution in [2.45, 2.75) is 59.2 Å². The van der Waals surface area contributed by atoms with Crippen molar-refractivity contribution in [1.82, 2.24) is 9.97 Å². The molecule has 2 rings (SSSR count). The molecule has 0 aliphatic rings. The van der Waals surface area contributed by atoms with Gasteiger partial charge in [-0.05, 0) is 41.5 Å². The molecule has 0 bridgehead atoms. The minimum atomic E-state index is -1.16. The highest BCUT2D eigenvalue weighted by Gasteiger charge is 2.23. The van der Waals surface area contributed by atoms with Crippen LogP contribution >= 0.6 is 11.3 Å². The van der Waals surface area contributed by atoms with Crippen LogP contribution < -0.4 is 15.7 Å². The van der Waals surface area contributed by atoms with Gasteiger partial charge in [0.15, 0.2) is 0 Å². The number of nitrogens with one attached hydrogen (secondary N) is 1. The molecule has 0 radical (unpaired) electrons. The first-order valence-corrected chi connectivity index (χ1v) is 8.40. The number of thiophene rings is 1. The van der Waals surface area contributed by atoms with Gasteiger partial charge in [0.2, 0.25) is 0 Å². The van der Waals surface area contributed by atoms with E-state index in [1.807, 2.05) is 20.8 Å². The third kappa shape index (κ3) is 4.39. The van der Waals surface area contributed by atoms with E-state index in [9.17, 15) is 9.90 Å². The number of carbonyl (C=O) groups excluding carboxylic acids is 1. The number of hydrogen-bond donors (Lipinski definition) is 2. The van der Waals surface area contributed by atoms with Crippen molar-refractivity contribution in [2.24, 2.45) is 0 Å². The third-order valence-corrected chi connectivity index (χ3v) is 4.30. The molecule has 0 aliphatic heterocycles. The third-order valence-electron chi connectivity index (χ3n) is 3.18. The normalized spacial score (nSPS) is 12.6. The Hall–Kier alpha value is -1.73. The van der Waals surface area contributed by atoms with Crippen molar-refractivity contribution in [3.8, 4) is 0 Å². The van der Waals surface area contributed by atoms with Gasteiger partial charge in [0.25, 0.3) is 0 Å². The molecule has 2 aromatic heterocycles. The van der Waals surface area contributed by atoms with E-state index < -0.39 is 5.97 Å². The number of aromatic nitrogens is 2. The first-order valence-electron chi connectivity index (χ1n) is 7.58. The molecule has 23 heavy (non-hydrogen) atoms. The van der Waals surface area contributed by atoms with Crippen molar-refractivity contribution < 1.29 is 15.2 Å². The van der Waals surface area contributed by atoms with E-state index in [4.69, 9.17) is 0 Å². The fraction of sp³-hybridized carbons (Fsp3) is 0.562. The zero-order valence-corrected chi connectivity index (χ0v) is 15.3. The van der Waals surface area contributed by atoms with Crippen LogP contribution in [0.5, 0.6) is 0 Å². The van der Waals surface area contributed by atoms with Crippen LogP contribution in [0.1, 0.15) is 56.8 Å². The summed E-state index contributed by atoms with van der Waals surface area (Å²) in [7, 11) is 0. The molecule has 0 atom stereocenters. The van der Waals surface area contributed by atoms with Crippen LogP contribution in [0.3, 0.4) is 0 Å². The first-order chi connectivity index (χ1) is 10.5. The zero-order valence-electron chi connectivity index (χ0n) is 14.5. The Morgan fingerprint density at radius 3 is 2.43 bits per heavy atom. The average Bonchev–Trinajstić information content (AvgIpc) is 2.73. The number of nitrogens with zero attached hydrogens (tertiary/aromatic N) is 2. The smallest absolute Gasteiger partial charge is 0.139 e. The number of anilines is 1. The Labute approximate surface area is 140 Å². The highest BCUT2D eigenvalue weighted by Crippen LogP contribution is 2.34. The van der Waals surface area contributed by atoms with E-state index in [-0.39, 0.29) is 16.0 Å². The van der Waals surface area contributed by atoms with Crippen molar-refractivity contribution in [3.63, 3.8) is 0 Å². The first kappa shape index (κ1) is 17.6. The van der Waals surface area contributed by atoms with Gasteiger partial charge >= 0.3 is 0 Å². The lowest BCUT2D eigenvalue weighted by molar-refractivity contribution is -0.731. The molecule has 2 aromatic rings. The lowest BCUT2D eigenvalue weighted by Crippen LogP contribution is -2.93. The summed E-state index contributed by atoms with van der Waals surface area (Å²) in [5.74, 6) is -0.490. The Balaban J connectivity index is 2.59. The topological polar surface area (TPSA) is 94.5 Å². The van der Waals surface area contributed by atoms with E-state index in [0.29, 0.717) is 17.2 Å². The van der Waals surface area contributed by atoms with Gasteiger partial charge < -0.3 is 20.5 Å². The van der Waals surface area contributed by atoms with Crippen molar-refractivity contribution >= 4 is 33.3 Å². The molecule has 3 N–H and O–H groups in total. The van der Waals surface area contributed by atoms with E-state index in [2.05, 4.69) is 41.4 Å². The summed E-state index contributed by atoms with van der Waals surface area (Å²) in [5, 5.41) is 17.8. The highest BCUT2D eigenvalue weighted by molar-refractivity contribution is 7.20. The highest BCUT2D eigenvalue weighted by atomic mass is 32.1. The lowest BCUT2D eigenvalue weighted by Gasteiger charge is -2.22. The zero-order chi connectivity index (χ0) is 17.4. The molecule has 0 fully saturated rings. The van der Waals surface area contributed by atoms with Crippen molar-refractivity contribution in [1.29, 1.82) is 0 Å². The van der Waals surface area contributed by atoms with Crippen LogP contribution in [0.4, 0.5) is 5.82 Å². The monoisotopic (exact) mass is 336 g/mol. The summed E-state index contributed by atoms with van der Waals surface area (Å²) in [6, 6.07) is 0. The second-order valence-electron chi connectivity index (χ2n) is 7.75. The van der Waals surface area contributed by atoms with Gasteiger partial charge in [0.1, 0.15) is 23.5 Å². The second-order valence-corrected chi connectivity index (χ2v) is 8.75. The summed E-state index contributed by atoms with van der Waals surface area (Å²) in [4.78, 5) is 21.0. The number of hydrogen-bond acceptors (Lipinski definition) is 6. The number of quaternary nitrogens is 1. The van der Waals surface area contributed by atoms with Gasteiger partial charge in [-0.1, -0.05) is 0 Å². The van der Waals surface area contributed by atoms with Gasteiger partial charge in [-0.2, -0.15) is 0 Å². The Morgan fingerprint density at radius 2 is 1.91 bits per heavy atom. The molecule has 0 aliphatic carbocycles. The molecule has 0 aromatic carbocycles. The minimum absolute atomic E-state index is 0.00921. The van der Waals surface area contributed by atoms with E-state index in [1.165, 1.54) is 6.33 Å². The van der Waals surface area contributed by atoms with Gasteiger partial charge in [0.05, 0.1) is 21.8 Å². The Kier molecular flexibility index (Phi) is 4.64. The average molecular weight is 336 g/mol. The molecule has 0 saturated carbocycles. The van der Waals surface area contributed by atoms with E-state index in [1.54, 1.807) is 0 Å². The Morgan fingerprint density at radius 1 is 1.26 bits per heavy atom. The molecule has 0 amide bonds. The maximum atomic E-state index is 11.5. The molecule has 6 nitrogen and oxygen atoms in total. The molecule has 0 unspecified atom stereocenters. The van der Waals surface area contributed by atoms with Crippen LogP contribution in [-0.4, -0.2) is 27.0 Å². The van der Waals surface area contributed by atoms with Gasteiger partial charge in [-0.3, -0.25) is 0 Å². The predicted molar refractivity (Wildman–Crippen MR) is 90.5 cm³/mol. The number of fused-ring (bicyclic) bond motifs is 1. The number of nitrogens with two attached hydrogens (primary N) is 1. The summed E-state index contributed by atoms with van der Waals surface area (Å²) >= 11 is 1.15. The van der Waals surface area contributed by atoms with Crippen LogP contribution in [0.15, 0.2) is 6.33 Å². The van der Waals surface area contributed by atoms with E-state index >= 15 is 0 Å². The number of aromatic carboxylic acids is 1. The molecule has 2 heterocycles. The second kappa shape index (κ2) is 6.05. The number of carbonyl (C=O) groups is 1. The molecule has 0 spiro atoms. The summed E-state index contributed by atoms with van der Waals surface area (Å²) in [6.45, 7) is 12.9. The maximum absolute atomic E-state index is 11.5. The lowest BCUT2D eigenvalue weighted by atomic mass is 10.1. The van der Waals surface area contributed by atoms with Crippen molar-refractivity contribution in [2.75, 3.05) is 5.32 Å². The summed E-state index contributed by atoms with van der Waals surface area (Å²) < 4.78 is 0. The SMILES string of the molecule is CC(C)(C)Nc1ncnc2sc(C(=O)[O-])c(C[NH2+]C(C)(C)C)c12. The molecule has 7 heteroatoms. The molecule has 126 valence electrons. The minimum Gasteiger partial charge on any atom is -0.544 e. The fourth-order valence-electron chi connectivity index (χ4n) is 2.21. The van der Waals surface area contributed by atoms with Crippen molar-refractivity contribution in [3.05, 3.63) is 16.8 Å². The van der Waals surface area contributed by atoms with E-state index in [0.717, 1.165) is 22.3 Å². The van der Waals surface area contributed by atoms with Crippen LogP contribution in [-0.2, 0) is 6.54 Å². The number of carboxylic acids is 1. The van der Waals surface area contributed by atoms with Crippen LogP contribution in [0, 0.1) is 0 Å². The standard InChI is InChI=1S/C16H24N4O2S/c1-15(2,3)19-7-9-10-12(20-16(4,5)6)17-8-18-13(10)23-11(9)14(21)22/h8,19H,7H2,1-6H3,(H,21,22)(H,17,18,20). The molecule has 0 saturated heterocycles. The molecular formula is C16H24N4O2S. The quantitative estimate of drug-likeness (QED) is 0.873.